The first-order chi connectivity index (χ1) is 7.68. The van der Waals surface area contributed by atoms with Crippen LogP contribution in [-0.4, -0.2) is 31.4 Å². The van der Waals surface area contributed by atoms with Gasteiger partial charge in [-0.1, -0.05) is 18.2 Å². The first kappa shape index (κ1) is 11.4. The molecule has 16 heavy (non-hydrogen) atoms. The van der Waals surface area contributed by atoms with E-state index in [4.69, 9.17) is 9.47 Å². The molecule has 0 bridgehead atoms. The third-order valence-corrected chi connectivity index (χ3v) is 2.83. The second kappa shape index (κ2) is 4.85. The smallest absolute Gasteiger partial charge is 0.131 e. The van der Waals surface area contributed by atoms with Crippen molar-refractivity contribution in [2.24, 2.45) is 0 Å². The van der Waals surface area contributed by atoms with E-state index in [1.807, 2.05) is 30.3 Å². The van der Waals surface area contributed by atoms with Gasteiger partial charge in [-0.15, -0.1) is 0 Å². The van der Waals surface area contributed by atoms with Crippen molar-refractivity contribution in [1.29, 1.82) is 0 Å². The van der Waals surface area contributed by atoms with Gasteiger partial charge in [-0.3, -0.25) is 0 Å². The predicted molar refractivity (Wildman–Crippen MR) is 63.8 cm³/mol. The lowest BCUT2D eigenvalue weighted by Crippen LogP contribution is -2.53. The first-order valence-corrected chi connectivity index (χ1v) is 5.75. The molecule has 3 heteroatoms. The molecule has 1 aliphatic heterocycles. The van der Waals surface area contributed by atoms with Crippen LogP contribution in [0.15, 0.2) is 30.3 Å². The number of morpholine rings is 1. The molecular weight excluding hydrogens is 202 g/mol. The number of para-hydroxylation sites is 1. The van der Waals surface area contributed by atoms with Gasteiger partial charge in [-0.25, -0.2) is 0 Å². The average Bonchev–Trinajstić information content (AvgIpc) is 2.31. The van der Waals surface area contributed by atoms with Crippen molar-refractivity contribution in [2.45, 2.75) is 25.6 Å². The van der Waals surface area contributed by atoms with Gasteiger partial charge < -0.3 is 14.8 Å². The first-order valence-electron chi connectivity index (χ1n) is 5.75. The highest BCUT2D eigenvalue weighted by Gasteiger charge is 2.33. The molecule has 1 saturated heterocycles. The van der Waals surface area contributed by atoms with Gasteiger partial charge in [0, 0.05) is 13.1 Å². The molecule has 0 amide bonds. The van der Waals surface area contributed by atoms with Crippen LogP contribution in [0.25, 0.3) is 0 Å². The van der Waals surface area contributed by atoms with Crippen molar-refractivity contribution < 1.29 is 9.47 Å². The van der Waals surface area contributed by atoms with Crippen molar-refractivity contribution in [3.8, 4) is 5.75 Å². The summed E-state index contributed by atoms with van der Waals surface area (Å²) in [5.74, 6) is 0.890. The Morgan fingerprint density at radius 3 is 2.69 bits per heavy atom. The van der Waals surface area contributed by atoms with E-state index in [1.165, 1.54) is 0 Å². The van der Waals surface area contributed by atoms with Crippen molar-refractivity contribution >= 4 is 0 Å². The summed E-state index contributed by atoms with van der Waals surface area (Å²) < 4.78 is 11.7. The molecule has 88 valence electrons. The highest BCUT2D eigenvalue weighted by atomic mass is 16.6. The van der Waals surface area contributed by atoms with E-state index in [-0.39, 0.29) is 11.7 Å². The van der Waals surface area contributed by atoms with E-state index < -0.39 is 0 Å². The van der Waals surface area contributed by atoms with Gasteiger partial charge in [0.05, 0.1) is 6.61 Å². The molecule has 1 aromatic rings. The van der Waals surface area contributed by atoms with Crippen LogP contribution in [0.2, 0.25) is 0 Å². The number of rotatable bonds is 3. The molecule has 0 saturated carbocycles. The molecule has 0 radical (unpaired) electrons. The summed E-state index contributed by atoms with van der Waals surface area (Å²) in [6.07, 6.45) is 0.0986. The number of ether oxygens (including phenoxy) is 2. The van der Waals surface area contributed by atoms with Gasteiger partial charge >= 0.3 is 0 Å². The molecule has 0 spiro atoms. The van der Waals surface area contributed by atoms with Gasteiger partial charge in [0.25, 0.3) is 0 Å². The van der Waals surface area contributed by atoms with Crippen LogP contribution in [0.5, 0.6) is 5.75 Å². The fourth-order valence-corrected chi connectivity index (χ4v) is 1.87. The second-order valence-electron chi connectivity index (χ2n) is 4.58. The summed E-state index contributed by atoms with van der Waals surface area (Å²) in [4.78, 5) is 0. The molecule has 1 aliphatic rings. The number of nitrogens with one attached hydrogen (secondary N) is 1. The van der Waals surface area contributed by atoms with Crippen molar-refractivity contribution in [3.63, 3.8) is 0 Å². The summed E-state index contributed by atoms with van der Waals surface area (Å²) in [5.41, 5.74) is -0.311. The van der Waals surface area contributed by atoms with Gasteiger partial charge in [0.15, 0.2) is 0 Å². The zero-order valence-electron chi connectivity index (χ0n) is 9.90. The molecule has 1 aromatic carbocycles. The van der Waals surface area contributed by atoms with Crippen LogP contribution in [0, 0.1) is 0 Å². The molecule has 3 nitrogen and oxygen atoms in total. The predicted octanol–water partition coefficient (Wildman–Crippen LogP) is 1.83. The fourth-order valence-electron chi connectivity index (χ4n) is 1.87. The molecule has 2 rings (SSSR count). The van der Waals surface area contributed by atoms with Crippen LogP contribution < -0.4 is 10.1 Å². The van der Waals surface area contributed by atoms with Gasteiger partial charge in [-0.05, 0) is 26.0 Å². The normalized spacial score (nSPS) is 21.8. The molecule has 0 aliphatic carbocycles. The Kier molecular flexibility index (Phi) is 3.46. The van der Waals surface area contributed by atoms with Gasteiger partial charge in [-0.2, -0.15) is 0 Å². The largest absolute Gasteiger partial charge is 0.485 e. The molecule has 1 unspecified atom stereocenters. The number of benzene rings is 1. The SMILES string of the molecule is CC(C)(Oc1ccccc1)C1CNCCO1. The van der Waals surface area contributed by atoms with Gasteiger partial charge in [0.1, 0.15) is 17.5 Å². The third-order valence-electron chi connectivity index (χ3n) is 2.83. The second-order valence-corrected chi connectivity index (χ2v) is 4.58. The van der Waals surface area contributed by atoms with E-state index in [0.29, 0.717) is 0 Å². The highest BCUT2D eigenvalue weighted by Crippen LogP contribution is 2.23. The summed E-state index contributed by atoms with van der Waals surface area (Å²) in [6, 6.07) is 9.88. The maximum Gasteiger partial charge on any atom is 0.131 e. The lowest BCUT2D eigenvalue weighted by molar-refractivity contribution is -0.0854. The zero-order chi connectivity index (χ0) is 11.4. The maximum atomic E-state index is 5.98. The lowest BCUT2D eigenvalue weighted by atomic mass is 10.0. The van der Waals surface area contributed by atoms with Crippen LogP contribution in [0.3, 0.4) is 0 Å². The minimum atomic E-state index is -0.311. The van der Waals surface area contributed by atoms with Crippen LogP contribution >= 0.6 is 0 Å². The van der Waals surface area contributed by atoms with E-state index in [1.54, 1.807) is 0 Å². The van der Waals surface area contributed by atoms with Crippen molar-refractivity contribution in [3.05, 3.63) is 30.3 Å². The number of hydrogen-bond donors (Lipinski definition) is 1. The Labute approximate surface area is 96.8 Å². The highest BCUT2D eigenvalue weighted by molar-refractivity contribution is 5.22. The van der Waals surface area contributed by atoms with Gasteiger partial charge in [0.2, 0.25) is 0 Å². The van der Waals surface area contributed by atoms with Crippen LogP contribution in [-0.2, 0) is 4.74 Å². The molecule has 1 atom stereocenters. The summed E-state index contributed by atoms with van der Waals surface area (Å²) in [7, 11) is 0. The summed E-state index contributed by atoms with van der Waals surface area (Å²) in [6.45, 7) is 6.67. The van der Waals surface area contributed by atoms with Crippen LogP contribution in [0.4, 0.5) is 0 Å². The fraction of sp³-hybridized carbons (Fsp3) is 0.538. The Balaban J connectivity index is 2.01. The zero-order valence-corrected chi connectivity index (χ0v) is 9.90. The lowest BCUT2D eigenvalue weighted by Gasteiger charge is -2.37. The topological polar surface area (TPSA) is 30.5 Å². The minimum Gasteiger partial charge on any atom is -0.485 e. The van der Waals surface area contributed by atoms with Crippen LogP contribution in [0.1, 0.15) is 13.8 Å². The quantitative estimate of drug-likeness (QED) is 0.844. The Bertz CT molecular complexity index is 318. The summed E-state index contributed by atoms with van der Waals surface area (Å²) >= 11 is 0. The van der Waals surface area contributed by atoms with Crippen molar-refractivity contribution in [1.82, 2.24) is 5.32 Å². The molecule has 1 fully saturated rings. The standard InChI is InChI=1S/C13H19NO2/c1-13(2,12-10-14-8-9-15-12)16-11-6-4-3-5-7-11/h3-7,12,14H,8-10H2,1-2H3. The molecule has 0 aromatic heterocycles. The molecule has 1 N–H and O–H groups in total. The monoisotopic (exact) mass is 221 g/mol. The molecular formula is C13H19NO2. The Morgan fingerprint density at radius 2 is 2.06 bits per heavy atom. The van der Waals surface area contributed by atoms with E-state index >= 15 is 0 Å². The average molecular weight is 221 g/mol. The van der Waals surface area contributed by atoms with E-state index in [0.717, 1.165) is 25.4 Å². The molecule has 1 heterocycles. The van der Waals surface area contributed by atoms with E-state index in [2.05, 4.69) is 19.2 Å². The van der Waals surface area contributed by atoms with E-state index in [9.17, 15) is 0 Å². The Hall–Kier alpha value is -1.06. The number of hydrogen-bond acceptors (Lipinski definition) is 3. The van der Waals surface area contributed by atoms with Crippen molar-refractivity contribution in [2.75, 3.05) is 19.7 Å². The summed E-state index contributed by atoms with van der Waals surface area (Å²) in [5, 5.41) is 3.32. The Morgan fingerprint density at radius 1 is 1.31 bits per heavy atom. The third kappa shape index (κ3) is 2.74. The minimum absolute atomic E-state index is 0.0986. The maximum absolute atomic E-state index is 5.98.